The zero-order valence-electron chi connectivity index (χ0n) is 14.4. The number of hydrogen-bond donors (Lipinski definition) is 1. The summed E-state index contributed by atoms with van der Waals surface area (Å²) in [5.74, 6) is 1.40. The monoisotopic (exact) mass is 340 g/mol. The molecule has 2 atom stereocenters. The standard InChI is InChI=1S/C20H24N2O3/c1-2-22(20(23)17(21)12-15-8-4-3-5-9-15)13-16-14-24-18-10-6-7-11-19(18)25-16/h3-11,16-17H,2,12-14,21H2,1H3/t16?,17-/m0/s1. The first-order valence-corrected chi connectivity index (χ1v) is 8.64. The lowest BCUT2D eigenvalue weighted by molar-refractivity contribution is -0.134. The molecule has 0 aliphatic carbocycles. The Hall–Kier alpha value is -2.53. The molecule has 5 nitrogen and oxygen atoms in total. The van der Waals surface area contributed by atoms with Crippen molar-refractivity contribution in [3.63, 3.8) is 0 Å². The molecule has 2 aromatic rings. The summed E-state index contributed by atoms with van der Waals surface area (Å²) in [6.07, 6.45) is 0.337. The van der Waals surface area contributed by atoms with E-state index in [1.54, 1.807) is 4.90 Å². The minimum Gasteiger partial charge on any atom is -0.486 e. The van der Waals surface area contributed by atoms with Crippen LogP contribution in [0, 0.1) is 0 Å². The number of amides is 1. The molecular weight excluding hydrogens is 316 g/mol. The van der Waals surface area contributed by atoms with E-state index in [9.17, 15) is 4.79 Å². The molecule has 1 amide bonds. The smallest absolute Gasteiger partial charge is 0.239 e. The second-order valence-corrected chi connectivity index (χ2v) is 6.17. The van der Waals surface area contributed by atoms with Crippen LogP contribution >= 0.6 is 0 Å². The number of nitrogens with two attached hydrogens (primary N) is 1. The van der Waals surface area contributed by atoms with Crippen LogP contribution in [0.25, 0.3) is 0 Å². The van der Waals surface area contributed by atoms with Gasteiger partial charge in [0.1, 0.15) is 6.61 Å². The van der Waals surface area contributed by atoms with E-state index in [1.807, 2.05) is 61.5 Å². The Morgan fingerprint density at radius 1 is 1.16 bits per heavy atom. The molecule has 0 fully saturated rings. The first kappa shape index (κ1) is 17.3. The van der Waals surface area contributed by atoms with Crippen molar-refractivity contribution in [1.29, 1.82) is 0 Å². The first-order chi connectivity index (χ1) is 12.2. The maximum atomic E-state index is 12.7. The molecule has 2 aromatic carbocycles. The normalized spacial score (nSPS) is 17.0. The lowest BCUT2D eigenvalue weighted by Gasteiger charge is -2.32. The fraction of sp³-hybridized carbons (Fsp3) is 0.350. The Morgan fingerprint density at radius 2 is 1.84 bits per heavy atom. The number of carbonyl (C=O) groups is 1. The van der Waals surface area contributed by atoms with Crippen LogP contribution in [0.15, 0.2) is 54.6 Å². The van der Waals surface area contributed by atoms with E-state index in [2.05, 4.69) is 0 Å². The number of likely N-dealkylation sites (N-methyl/N-ethyl adjacent to an activating group) is 1. The highest BCUT2D eigenvalue weighted by Crippen LogP contribution is 2.31. The summed E-state index contributed by atoms with van der Waals surface area (Å²) in [5, 5.41) is 0. The van der Waals surface area contributed by atoms with Crippen LogP contribution in [0.1, 0.15) is 12.5 Å². The van der Waals surface area contributed by atoms with Gasteiger partial charge in [0.15, 0.2) is 17.6 Å². The van der Waals surface area contributed by atoms with Gasteiger partial charge >= 0.3 is 0 Å². The average molecular weight is 340 g/mol. The number of benzene rings is 2. The maximum Gasteiger partial charge on any atom is 0.239 e. The molecule has 0 saturated carbocycles. The van der Waals surface area contributed by atoms with E-state index in [0.29, 0.717) is 26.1 Å². The van der Waals surface area contributed by atoms with Crippen LogP contribution in [0.3, 0.4) is 0 Å². The lowest BCUT2D eigenvalue weighted by Crippen LogP contribution is -2.50. The van der Waals surface area contributed by atoms with Gasteiger partial charge in [0.05, 0.1) is 12.6 Å². The quantitative estimate of drug-likeness (QED) is 0.876. The Kier molecular flexibility index (Phi) is 5.56. The van der Waals surface area contributed by atoms with Crippen molar-refractivity contribution in [2.75, 3.05) is 19.7 Å². The Balaban J connectivity index is 1.59. The summed E-state index contributed by atoms with van der Waals surface area (Å²) in [6, 6.07) is 16.8. The van der Waals surface area contributed by atoms with E-state index in [-0.39, 0.29) is 12.0 Å². The van der Waals surface area contributed by atoms with E-state index >= 15 is 0 Å². The molecular formula is C20H24N2O3. The molecule has 25 heavy (non-hydrogen) atoms. The summed E-state index contributed by atoms with van der Waals surface area (Å²) < 4.78 is 11.7. The predicted octanol–water partition coefficient (Wildman–Crippen LogP) is 2.24. The summed E-state index contributed by atoms with van der Waals surface area (Å²) in [5.41, 5.74) is 7.20. The minimum atomic E-state index is -0.556. The summed E-state index contributed by atoms with van der Waals surface area (Å²) >= 11 is 0. The van der Waals surface area contributed by atoms with Crippen LogP contribution in [-0.4, -0.2) is 42.6 Å². The number of hydrogen-bond acceptors (Lipinski definition) is 4. The van der Waals surface area contributed by atoms with Gasteiger partial charge in [-0.1, -0.05) is 42.5 Å². The molecule has 0 radical (unpaired) electrons. The third-order valence-electron chi connectivity index (χ3n) is 4.30. The topological polar surface area (TPSA) is 64.8 Å². The van der Waals surface area contributed by atoms with E-state index < -0.39 is 6.04 Å². The molecule has 132 valence electrons. The van der Waals surface area contributed by atoms with Crippen LogP contribution in [0.2, 0.25) is 0 Å². The molecule has 0 saturated heterocycles. The van der Waals surface area contributed by atoms with Crippen LogP contribution in [0.4, 0.5) is 0 Å². The third kappa shape index (κ3) is 4.31. The number of nitrogens with zero attached hydrogens (tertiary/aromatic N) is 1. The largest absolute Gasteiger partial charge is 0.486 e. The zero-order chi connectivity index (χ0) is 17.6. The SMILES string of the molecule is CCN(CC1COc2ccccc2O1)C(=O)[C@@H](N)Cc1ccccc1. The number of ether oxygens (including phenoxy) is 2. The van der Waals surface area contributed by atoms with Gasteiger partial charge in [0.25, 0.3) is 0 Å². The van der Waals surface area contributed by atoms with Gasteiger partial charge in [0, 0.05) is 6.54 Å². The van der Waals surface area contributed by atoms with Gasteiger partial charge in [-0.2, -0.15) is 0 Å². The van der Waals surface area contributed by atoms with E-state index in [4.69, 9.17) is 15.2 Å². The van der Waals surface area contributed by atoms with Crippen molar-refractivity contribution in [3.05, 3.63) is 60.2 Å². The van der Waals surface area contributed by atoms with E-state index in [0.717, 1.165) is 17.1 Å². The molecule has 1 aliphatic heterocycles. The summed E-state index contributed by atoms with van der Waals surface area (Å²) in [4.78, 5) is 14.4. The molecule has 0 bridgehead atoms. The summed E-state index contributed by atoms with van der Waals surface area (Å²) in [6.45, 7) is 3.43. The molecule has 5 heteroatoms. The third-order valence-corrected chi connectivity index (χ3v) is 4.30. The number of rotatable bonds is 6. The molecule has 0 aromatic heterocycles. The first-order valence-electron chi connectivity index (χ1n) is 8.64. The predicted molar refractivity (Wildman–Crippen MR) is 96.7 cm³/mol. The van der Waals surface area contributed by atoms with Gasteiger partial charge in [-0.05, 0) is 31.0 Å². The van der Waals surface area contributed by atoms with Gasteiger partial charge < -0.3 is 20.1 Å². The van der Waals surface area contributed by atoms with Crippen molar-refractivity contribution >= 4 is 5.91 Å². The molecule has 1 heterocycles. The van der Waals surface area contributed by atoms with Crippen LogP contribution < -0.4 is 15.2 Å². The fourth-order valence-corrected chi connectivity index (χ4v) is 2.96. The second kappa shape index (κ2) is 8.03. The summed E-state index contributed by atoms with van der Waals surface area (Å²) in [7, 11) is 0. The molecule has 1 aliphatic rings. The molecule has 1 unspecified atom stereocenters. The average Bonchev–Trinajstić information content (AvgIpc) is 2.66. The maximum absolute atomic E-state index is 12.7. The van der Waals surface area contributed by atoms with Crippen LogP contribution in [0.5, 0.6) is 11.5 Å². The van der Waals surface area contributed by atoms with Gasteiger partial charge in [0.2, 0.25) is 5.91 Å². The molecule has 0 spiro atoms. The van der Waals surface area contributed by atoms with Crippen molar-refractivity contribution in [3.8, 4) is 11.5 Å². The van der Waals surface area contributed by atoms with Gasteiger partial charge in [-0.3, -0.25) is 4.79 Å². The van der Waals surface area contributed by atoms with Crippen molar-refractivity contribution < 1.29 is 14.3 Å². The number of fused-ring (bicyclic) bond motifs is 1. The van der Waals surface area contributed by atoms with Gasteiger partial charge in [-0.25, -0.2) is 0 Å². The lowest BCUT2D eigenvalue weighted by atomic mass is 10.1. The highest BCUT2D eigenvalue weighted by Gasteiger charge is 2.27. The number of carbonyl (C=O) groups excluding carboxylic acids is 1. The molecule has 3 rings (SSSR count). The van der Waals surface area contributed by atoms with E-state index in [1.165, 1.54) is 0 Å². The second-order valence-electron chi connectivity index (χ2n) is 6.17. The van der Waals surface area contributed by atoms with Gasteiger partial charge in [-0.15, -0.1) is 0 Å². The Bertz CT molecular complexity index is 705. The highest BCUT2D eigenvalue weighted by atomic mass is 16.6. The molecule has 2 N–H and O–H groups in total. The van der Waals surface area contributed by atoms with Crippen LogP contribution in [-0.2, 0) is 11.2 Å². The number of para-hydroxylation sites is 2. The highest BCUT2D eigenvalue weighted by molar-refractivity contribution is 5.82. The van der Waals surface area contributed by atoms with Crippen molar-refractivity contribution in [2.45, 2.75) is 25.5 Å². The zero-order valence-corrected chi connectivity index (χ0v) is 14.4. The Labute approximate surface area is 148 Å². The van der Waals surface area contributed by atoms with Crippen molar-refractivity contribution in [2.24, 2.45) is 5.73 Å². The minimum absolute atomic E-state index is 0.0613. The fourth-order valence-electron chi connectivity index (χ4n) is 2.96. The van der Waals surface area contributed by atoms with Crippen molar-refractivity contribution in [1.82, 2.24) is 4.90 Å². The Morgan fingerprint density at radius 3 is 2.56 bits per heavy atom.